The molecule has 0 bridgehead atoms. The minimum absolute atomic E-state index is 0.369. The highest BCUT2D eigenvalue weighted by atomic mass is 15.2. The van der Waals surface area contributed by atoms with E-state index < -0.39 is 0 Å². The predicted octanol–water partition coefficient (Wildman–Crippen LogP) is 2.81. The number of hydrogen-bond donors (Lipinski definition) is 1. The van der Waals surface area contributed by atoms with Crippen LogP contribution in [-0.2, 0) is 0 Å². The average Bonchev–Trinajstić information content (AvgIpc) is 2.39. The van der Waals surface area contributed by atoms with E-state index >= 15 is 0 Å². The Bertz CT molecular complexity index is 444. The third-order valence-corrected chi connectivity index (χ3v) is 4.72. The first-order valence-electron chi connectivity index (χ1n) is 7.63. The molecule has 1 spiro atoms. The molecule has 1 aliphatic heterocycles. The Kier molecular flexibility index (Phi) is 3.48. The fourth-order valence-corrected chi connectivity index (χ4v) is 3.74. The second-order valence-electron chi connectivity index (χ2n) is 6.25. The van der Waals surface area contributed by atoms with Crippen LogP contribution in [0.2, 0.25) is 0 Å². The van der Waals surface area contributed by atoms with E-state index in [-0.39, 0.29) is 0 Å². The van der Waals surface area contributed by atoms with E-state index in [9.17, 15) is 0 Å². The number of piperazine rings is 1. The largest absolute Gasteiger partial charge is 0.367 e. The van der Waals surface area contributed by atoms with Crippen molar-refractivity contribution in [2.24, 2.45) is 0 Å². The van der Waals surface area contributed by atoms with E-state index in [0.29, 0.717) is 5.54 Å². The van der Waals surface area contributed by atoms with E-state index in [1.54, 1.807) is 0 Å². The Labute approximate surface area is 116 Å². The SMILES string of the molecule is Cc1ccc(N2CCNC3(CCCCC3)C2)c(C)n1. The van der Waals surface area contributed by atoms with Gasteiger partial charge in [0.2, 0.25) is 0 Å². The number of hydrogen-bond acceptors (Lipinski definition) is 3. The smallest absolute Gasteiger partial charge is 0.0608 e. The monoisotopic (exact) mass is 259 g/mol. The predicted molar refractivity (Wildman–Crippen MR) is 79.7 cm³/mol. The highest BCUT2D eigenvalue weighted by Gasteiger charge is 2.36. The second-order valence-corrected chi connectivity index (χ2v) is 6.25. The first-order valence-corrected chi connectivity index (χ1v) is 7.63. The van der Waals surface area contributed by atoms with Crippen LogP contribution in [0.1, 0.15) is 43.5 Å². The Morgan fingerprint density at radius 3 is 2.68 bits per heavy atom. The van der Waals surface area contributed by atoms with Gasteiger partial charge in [0.1, 0.15) is 0 Å². The fraction of sp³-hybridized carbons (Fsp3) is 0.688. The van der Waals surface area contributed by atoms with Crippen molar-refractivity contribution in [2.75, 3.05) is 24.5 Å². The summed E-state index contributed by atoms with van der Waals surface area (Å²) in [6.07, 6.45) is 6.84. The quantitative estimate of drug-likeness (QED) is 0.840. The van der Waals surface area contributed by atoms with Crippen LogP contribution in [-0.4, -0.2) is 30.2 Å². The fourth-order valence-electron chi connectivity index (χ4n) is 3.74. The summed E-state index contributed by atoms with van der Waals surface area (Å²) in [5.74, 6) is 0. The van der Waals surface area contributed by atoms with Gasteiger partial charge in [-0.25, -0.2) is 0 Å². The molecule has 0 radical (unpaired) electrons. The molecule has 1 aromatic rings. The van der Waals surface area contributed by atoms with Crippen molar-refractivity contribution in [3.63, 3.8) is 0 Å². The van der Waals surface area contributed by atoms with E-state index in [2.05, 4.69) is 41.2 Å². The van der Waals surface area contributed by atoms with Crippen molar-refractivity contribution in [2.45, 2.75) is 51.5 Å². The number of rotatable bonds is 1. The Morgan fingerprint density at radius 2 is 1.95 bits per heavy atom. The van der Waals surface area contributed by atoms with Gasteiger partial charge in [0.25, 0.3) is 0 Å². The van der Waals surface area contributed by atoms with Gasteiger partial charge in [-0.05, 0) is 38.8 Å². The van der Waals surface area contributed by atoms with Crippen LogP contribution in [0.25, 0.3) is 0 Å². The molecule has 1 aliphatic carbocycles. The molecule has 0 unspecified atom stereocenters. The number of aryl methyl sites for hydroxylation is 2. The zero-order valence-corrected chi connectivity index (χ0v) is 12.2. The Balaban J connectivity index is 1.81. The lowest BCUT2D eigenvalue weighted by Gasteiger charge is -2.47. The molecule has 0 aromatic carbocycles. The van der Waals surface area contributed by atoms with Gasteiger partial charge in [-0.3, -0.25) is 4.98 Å². The molecule has 2 aliphatic rings. The highest BCUT2D eigenvalue weighted by Crippen LogP contribution is 2.32. The topological polar surface area (TPSA) is 28.2 Å². The molecular weight excluding hydrogens is 234 g/mol. The third-order valence-electron chi connectivity index (χ3n) is 4.72. The summed E-state index contributed by atoms with van der Waals surface area (Å²) in [6, 6.07) is 4.39. The van der Waals surface area contributed by atoms with Crippen molar-refractivity contribution in [3.05, 3.63) is 23.5 Å². The minimum Gasteiger partial charge on any atom is -0.367 e. The summed E-state index contributed by atoms with van der Waals surface area (Å²) in [5.41, 5.74) is 3.99. The first kappa shape index (κ1) is 12.9. The van der Waals surface area contributed by atoms with E-state index in [4.69, 9.17) is 0 Å². The van der Waals surface area contributed by atoms with Crippen molar-refractivity contribution in [1.29, 1.82) is 0 Å². The van der Waals surface area contributed by atoms with Crippen molar-refractivity contribution >= 4 is 5.69 Å². The van der Waals surface area contributed by atoms with Gasteiger partial charge in [-0.15, -0.1) is 0 Å². The van der Waals surface area contributed by atoms with Crippen LogP contribution >= 0.6 is 0 Å². The number of nitrogens with zero attached hydrogens (tertiary/aromatic N) is 2. The molecule has 1 saturated heterocycles. The molecule has 2 heterocycles. The van der Waals surface area contributed by atoms with Crippen molar-refractivity contribution < 1.29 is 0 Å². The van der Waals surface area contributed by atoms with Crippen LogP contribution in [0.15, 0.2) is 12.1 Å². The maximum atomic E-state index is 4.62. The van der Waals surface area contributed by atoms with Gasteiger partial charge in [0.05, 0.1) is 11.4 Å². The lowest BCUT2D eigenvalue weighted by Crippen LogP contribution is -2.61. The lowest BCUT2D eigenvalue weighted by atomic mass is 9.80. The summed E-state index contributed by atoms with van der Waals surface area (Å²) in [4.78, 5) is 7.17. The number of nitrogens with one attached hydrogen (secondary N) is 1. The Morgan fingerprint density at radius 1 is 1.16 bits per heavy atom. The average molecular weight is 259 g/mol. The summed E-state index contributed by atoms with van der Waals surface area (Å²) in [5, 5.41) is 3.80. The van der Waals surface area contributed by atoms with Gasteiger partial charge in [-0.1, -0.05) is 19.3 Å². The third kappa shape index (κ3) is 2.62. The van der Waals surface area contributed by atoms with Crippen LogP contribution in [0.4, 0.5) is 5.69 Å². The minimum atomic E-state index is 0.369. The molecule has 2 fully saturated rings. The normalized spacial score (nSPS) is 22.7. The summed E-state index contributed by atoms with van der Waals surface area (Å²) in [6.45, 7) is 7.56. The van der Waals surface area contributed by atoms with Gasteiger partial charge < -0.3 is 10.2 Å². The molecule has 1 saturated carbocycles. The van der Waals surface area contributed by atoms with Crippen LogP contribution < -0.4 is 10.2 Å². The van der Waals surface area contributed by atoms with Gasteiger partial charge in [0.15, 0.2) is 0 Å². The summed E-state index contributed by atoms with van der Waals surface area (Å²) in [7, 11) is 0. The molecule has 1 aromatic heterocycles. The molecule has 0 atom stereocenters. The molecule has 0 amide bonds. The van der Waals surface area contributed by atoms with Crippen LogP contribution in [0.5, 0.6) is 0 Å². The van der Waals surface area contributed by atoms with E-state index in [1.165, 1.54) is 43.5 Å². The number of aromatic nitrogens is 1. The van der Waals surface area contributed by atoms with Crippen molar-refractivity contribution in [3.8, 4) is 0 Å². The standard InChI is InChI=1S/C16H25N3/c1-13-6-7-15(14(2)18-13)19-11-10-17-16(12-19)8-4-3-5-9-16/h6-7,17H,3-5,8-12H2,1-2H3. The van der Waals surface area contributed by atoms with Crippen LogP contribution in [0.3, 0.4) is 0 Å². The molecule has 19 heavy (non-hydrogen) atoms. The maximum Gasteiger partial charge on any atom is 0.0608 e. The molecule has 3 heteroatoms. The number of anilines is 1. The maximum absolute atomic E-state index is 4.62. The summed E-state index contributed by atoms with van der Waals surface area (Å²) < 4.78 is 0. The zero-order chi connectivity index (χ0) is 13.3. The van der Waals surface area contributed by atoms with Gasteiger partial charge in [-0.2, -0.15) is 0 Å². The summed E-state index contributed by atoms with van der Waals surface area (Å²) >= 11 is 0. The highest BCUT2D eigenvalue weighted by molar-refractivity contribution is 5.51. The van der Waals surface area contributed by atoms with E-state index in [1.807, 2.05) is 0 Å². The molecule has 104 valence electrons. The molecule has 3 nitrogen and oxygen atoms in total. The van der Waals surface area contributed by atoms with Gasteiger partial charge in [0, 0.05) is 30.9 Å². The van der Waals surface area contributed by atoms with Crippen molar-refractivity contribution in [1.82, 2.24) is 10.3 Å². The Hall–Kier alpha value is -1.09. The first-order chi connectivity index (χ1) is 9.19. The van der Waals surface area contributed by atoms with Crippen LogP contribution in [0, 0.1) is 13.8 Å². The number of pyridine rings is 1. The van der Waals surface area contributed by atoms with Gasteiger partial charge >= 0.3 is 0 Å². The van der Waals surface area contributed by atoms with E-state index in [0.717, 1.165) is 25.3 Å². The lowest BCUT2D eigenvalue weighted by molar-refractivity contribution is 0.216. The molecule has 3 rings (SSSR count). The zero-order valence-electron chi connectivity index (χ0n) is 12.2. The molecular formula is C16H25N3. The second kappa shape index (κ2) is 5.12. The molecule has 1 N–H and O–H groups in total.